The highest BCUT2D eigenvalue weighted by Crippen LogP contribution is 2.27. The molecule has 0 bridgehead atoms. The third kappa shape index (κ3) is 8.51. The number of nitrogens with one attached hydrogen (secondary N) is 2. The number of hydrogen-bond acceptors (Lipinski definition) is 7. The van der Waals surface area contributed by atoms with Gasteiger partial charge in [0.25, 0.3) is 0 Å². The molecule has 44 heavy (non-hydrogen) atoms. The van der Waals surface area contributed by atoms with Gasteiger partial charge in [0.1, 0.15) is 22.9 Å². The van der Waals surface area contributed by atoms with E-state index in [0.29, 0.717) is 38.3 Å². The summed E-state index contributed by atoms with van der Waals surface area (Å²) in [6.45, 7) is 16.5. The minimum absolute atomic E-state index is 0.0384. The predicted molar refractivity (Wildman–Crippen MR) is 167 cm³/mol. The lowest BCUT2D eigenvalue weighted by Gasteiger charge is -2.37. The Morgan fingerprint density at radius 2 is 1.61 bits per heavy atom. The van der Waals surface area contributed by atoms with Crippen molar-refractivity contribution in [3.8, 4) is 0 Å². The molecule has 1 aliphatic heterocycles. The van der Waals surface area contributed by atoms with Crippen molar-refractivity contribution in [2.45, 2.75) is 91.5 Å². The van der Waals surface area contributed by atoms with Gasteiger partial charge in [-0.15, -0.1) is 5.10 Å². The summed E-state index contributed by atoms with van der Waals surface area (Å²) in [5.74, 6) is -0.0828. The number of nitrogens with zero attached hydrogens (tertiary/aromatic N) is 5. The number of aromatic amines is 1. The first-order valence-corrected chi connectivity index (χ1v) is 15.4. The van der Waals surface area contributed by atoms with Crippen LogP contribution in [0.25, 0.3) is 10.9 Å². The lowest BCUT2D eigenvalue weighted by molar-refractivity contribution is -0.137. The number of H-pyrrole nitrogens is 1. The Hall–Kier alpha value is -4.09. The monoisotopic (exact) mass is 609 g/mol. The van der Waals surface area contributed by atoms with E-state index in [2.05, 4.69) is 20.6 Å². The number of aromatic nitrogens is 4. The van der Waals surface area contributed by atoms with Crippen LogP contribution in [0.2, 0.25) is 0 Å². The first-order valence-electron chi connectivity index (χ1n) is 15.4. The van der Waals surface area contributed by atoms with Crippen molar-refractivity contribution in [3.05, 3.63) is 47.9 Å². The number of fused-ring (bicyclic) bond motifs is 1. The summed E-state index contributed by atoms with van der Waals surface area (Å²) in [6, 6.07) is 8.85. The number of amides is 3. The smallest absolute Gasteiger partial charge is 0.410 e. The van der Waals surface area contributed by atoms with Gasteiger partial charge < -0.3 is 29.6 Å². The maximum absolute atomic E-state index is 14.1. The van der Waals surface area contributed by atoms with Gasteiger partial charge in [-0.2, -0.15) is 0 Å². The normalized spacial score (nSPS) is 16.4. The number of benzene rings is 1. The molecule has 240 valence electrons. The third-order valence-electron chi connectivity index (χ3n) is 7.58. The first kappa shape index (κ1) is 32.8. The zero-order valence-electron chi connectivity index (χ0n) is 27.2. The van der Waals surface area contributed by atoms with E-state index in [9.17, 15) is 14.4 Å². The number of para-hydroxylation sites is 1. The van der Waals surface area contributed by atoms with Gasteiger partial charge in [0, 0.05) is 43.8 Å². The lowest BCUT2D eigenvalue weighted by Crippen LogP contribution is -2.53. The van der Waals surface area contributed by atoms with E-state index in [4.69, 9.17) is 9.47 Å². The van der Waals surface area contributed by atoms with E-state index < -0.39 is 29.4 Å². The van der Waals surface area contributed by atoms with Crippen LogP contribution in [0.5, 0.6) is 0 Å². The Labute approximate surface area is 259 Å². The second-order valence-corrected chi connectivity index (χ2v) is 13.5. The fraction of sp³-hybridized carbons (Fsp3) is 0.594. The number of rotatable bonds is 8. The fourth-order valence-electron chi connectivity index (χ4n) is 5.16. The molecule has 3 heterocycles. The van der Waals surface area contributed by atoms with E-state index >= 15 is 0 Å². The van der Waals surface area contributed by atoms with E-state index in [1.807, 2.05) is 85.7 Å². The van der Waals surface area contributed by atoms with Crippen molar-refractivity contribution in [1.82, 2.24) is 35.1 Å². The van der Waals surface area contributed by atoms with Crippen molar-refractivity contribution in [2.24, 2.45) is 5.92 Å². The summed E-state index contributed by atoms with van der Waals surface area (Å²) in [7, 11) is 0. The summed E-state index contributed by atoms with van der Waals surface area (Å²) >= 11 is 0. The zero-order valence-corrected chi connectivity index (χ0v) is 27.2. The van der Waals surface area contributed by atoms with Gasteiger partial charge in [-0.25, -0.2) is 14.3 Å². The van der Waals surface area contributed by atoms with Gasteiger partial charge in [0.15, 0.2) is 0 Å². The summed E-state index contributed by atoms with van der Waals surface area (Å²) in [6.07, 6.45) is 1.97. The van der Waals surface area contributed by atoms with Crippen LogP contribution in [0.3, 0.4) is 0 Å². The molecule has 0 saturated carbocycles. The third-order valence-corrected chi connectivity index (χ3v) is 7.58. The molecule has 12 heteroatoms. The van der Waals surface area contributed by atoms with Gasteiger partial charge in [-0.1, -0.05) is 43.7 Å². The average molecular weight is 610 g/mol. The molecule has 1 unspecified atom stereocenters. The second kappa shape index (κ2) is 13.3. The Morgan fingerprint density at radius 1 is 0.977 bits per heavy atom. The van der Waals surface area contributed by atoms with Gasteiger partial charge in [0.05, 0.1) is 12.2 Å². The Balaban J connectivity index is 1.58. The van der Waals surface area contributed by atoms with Crippen molar-refractivity contribution in [2.75, 3.05) is 26.2 Å². The molecule has 1 aliphatic rings. The molecule has 0 radical (unpaired) electrons. The van der Waals surface area contributed by atoms with Crippen LogP contribution >= 0.6 is 0 Å². The standard InChI is InChI=1S/C32H47N7O5/c1-9-21(2)27(34-29(41)43-31(3,4)5)25-20-39(36-35-25)26(19-23-18-22-12-10-11-13-24(22)33-23)28(40)37-14-16-38(17-15-37)30(42)44-32(6,7)8/h10-13,18,20-21,26-27,33H,9,14-17,19H2,1-8H3,(H,34,41)/t21-,26-,27?/m1/s1. The molecule has 0 spiro atoms. The Morgan fingerprint density at radius 3 is 2.23 bits per heavy atom. The molecular weight excluding hydrogens is 562 g/mol. The molecule has 3 atom stereocenters. The molecule has 2 N–H and O–H groups in total. The molecule has 1 fully saturated rings. The zero-order chi connectivity index (χ0) is 32.2. The molecule has 4 rings (SSSR count). The Bertz CT molecular complexity index is 1410. The van der Waals surface area contributed by atoms with Crippen molar-refractivity contribution in [3.63, 3.8) is 0 Å². The van der Waals surface area contributed by atoms with Crippen LogP contribution in [0.1, 0.15) is 85.3 Å². The SMILES string of the molecule is CC[C@@H](C)C(NC(=O)OC(C)(C)C)c1cn([C@H](Cc2cc3ccccc3[nH]2)C(=O)N2CCN(C(=O)OC(C)(C)C)CC2)nn1. The van der Waals surface area contributed by atoms with Crippen LogP contribution in [-0.2, 0) is 20.7 Å². The number of ether oxygens (including phenoxy) is 2. The van der Waals surface area contributed by atoms with Gasteiger partial charge in [-0.05, 0) is 65.0 Å². The number of hydrogen-bond donors (Lipinski definition) is 2. The molecular formula is C32H47N7O5. The minimum Gasteiger partial charge on any atom is -0.444 e. The highest BCUT2D eigenvalue weighted by molar-refractivity contribution is 5.83. The van der Waals surface area contributed by atoms with E-state index in [0.717, 1.165) is 23.0 Å². The quantitative estimate of drug-likeness (QED) is 0.357. The molecule has 2 aromatic heterocycles. The molecule has 3 aromatic rings. The highest BCUT2D eigenvalue weighted by Gasteiger charge is 2.34. The first-order chi connectivity index (χ1) is 20.6. The van der Waals surface area contributed by atoms with E-state index in [1.165, 1.54) is 0 Å². The minimum atomic E-state index is -0.698. The van der Waals surface area contributed by atoms with E-state index in [-0.39, 0.29) is 17.9 Å². The van der Waals surface area contributed by atoms with Gasteiger partial charge >= 0.3 is 12.2 Å². The van der Waals surface area contributed by atoms with Crippen LogP contribution < -0.4 is 5.32 Å². The predicted octanol–water partition coefficient (Wildman–Crippen LogP) is 5.23. The fourth-order valence-corrected chi connectivity index (χ4v) is 5.16. The van der Waals surface area contributed by atoms with Crippen LogP contribution in [0, 0.1) is 5.92 Å². The Kier molecular flexibility index (Phi) is 9.90. The number of carbonyl (C=O) groups is 3. The molecule has 1 saturated heterocycles. The molecule has 3 amide bonds. The summed E-state index contributed by atoms with van der Waals surface area (Å²) in [5, 5.41) is 12.9. The summed E-state index contributed by atoms with van der Waals surface area (Å²) in [5.41, 5.74) is 1.18. The number of carbonyl (C=O) groups excluding carboxylic acids is 3. The topological polar surface area (TPSA) is 135 Å². The number of piperazine rings is 1. The second-order valence-electron chi connectivity index (χ2n) is 13.5. The maximum atomic E-state index is 14.1. The maximum Gasteiger partial charge on any atom is 0.410 e. The summed E-state index contributed by atoms with van der Waals surface area (Å²) in [4.78, 5) is 46.3. The van der Waals surface area contributed by atoms with E-state index in [1.54, 1.807) is 20.7 Å². The van der Waals surface area contributed by atoms with Crippen LogP contribution in [0.15, 0.2) is 36.5 Å². The summed E-state index contributed by atoms with van der Waals surface area (Å²) < 4.78 is 12.6. The molecule has 0 aliphatic carbocycles. The largest absolute Gasteiger partial charge is 0.444 e. The lowest BCUT2D eigenvalue weighted by atomic mass is 9.97. The van der Waals surface area contributed by atoms with Crippen molar-refractivity contribution in [1.29, 1.82) is 0 Å². The van der Waals surface area contributed by atoms with Crippen LogP contribution in [-0.4, -0.2) is 85.3 Å². The average Bonchev–Trinajstić information content (AvgIpc) is 3.59. The molecule has 1 aromatic carbocycles. The van der Waals surface area contributed by atoms with Crippen molar-refractivity contribution < 1.29 is 23.9 Å². The highest BCUT2D eigenvalue weighted by atomic mass is 16.6. The van der Waals surface area contributed by atoms with Crippen LogP contribution in [0.4, 0.5) is 9.59 Å². The van der Waals surface area contributed by atoms with Gasteiger partial charge in [0.2, 0.25) is 5.91 Å². The van der Waals surface area contributed by atoms with Gasteiger partial charge in [-0.3, -0.25) is 4.79 Å². The number of alkyl carbamates (subject to hydrolysis) is 1. The molecule has 12 nitrogen and oxygen atoms in total. The van der Waals surface area contributed by atoms with Crippen molar-refractivity contribution >= 4 is 29.0 Å².